The summed E-state index contributed by atoms with van der Waals surface area (Å²) >= 11 is 0. The summed E-state index contributed by atoms with van der Waals surface area (Å²) in [4.78, 5) is 19.3. The minimum absolute atomic E-state index is 0.0467. The molecule has 5 heteroatoms. The summed E-state index contributed by atoms with van der Waals surface area (Å²) in [5.41, 5.74) is 6.11. The lowest BCUT2D eigenvalue weighted by Crippen LogP contribution is -2.28. The van der Waals surface area contributed by atoms with Crippen LogP contribution in [0.1, 0.15) is 65.0 Å². The first-order valence-corrected chi connectivity index (χ1v) is 6.69. The van der Waals surface area contributed by atoms with Crippen LogP contribution in [0.2, 0.25) is 0 Å². The third kappa shape index (κ3) is 3.56. The molecule has 1 rings (SSSR count). The molecule has 0 radical (unpaired) electrons. The first-order chi connectivity index (χ1) is 8.68. The molecule has 1 aromatic rings. The van der Waals surface area contributed by atoms with Gasteiger partial charge in [-0.1, -0.05) is 34.6 Å². The second-order valence-electron chi connectivity index (χ2n) is 6.11. The predicted octanol–water partition coefficient (Wildman–Crippen LogP) is 2.60. The molecule has 3 N–H and O–H groups in total. The first-order valence-electron chi connectivity index (χ1n) is 6.69. The molecule has 108 valence electrons. The summed E-state index contributed by atoms with van der Waals surface area (Å²) in [6.07, 6.45) is -0.284. The third-order valence-electron chi connectivity index (χ3n) is 2.95. The number of nitrogens with two attached hydrogens (primary N) is 1. The average molecular weight is 267 g/mol. The van der Waals surface area contributed by atoms with Gasteiger partial charge in [0, 0.05) is 6.61 Å². The van der Waals surface area contributed by atoms with Gasteiger partial charge in [0.25, 0.3) is 5.56 Å². The van der Waals surface area contributed by atoms with Gasteiger partial charge in [-0.3, -0.25) is 4.79 Å². The smallest absolute Gasteiger partial charge is 0.256 e. The Morgan fingerprint density at radius 2 is 1.95 bits per heavy atom. The molecule has 1 unspecified atom stereocenters. The number of H-pyrrole nitrogens is 1. The minimum atomic E-state index is -0.284. The molecule has 1 atom stereocenters. The maximum atomic E-state index is 12.1. The molecular formula is C14H25N3O2. The van der Waals surface area contributed by atoms with Crippen molar-refractivity contribution in [2.24, 2.45) is 5.41 Å². The van der Waals surface area contributed by atoms with Crippen molar-refractivity contribution in [1.29, 1.82) is 0 Å². The van der Waals surface area contributed by atoms with Crippen LogP contribution in [0.4, 0.5) is 5.82 Å². The van der Waals surface area contributed by atoms with Gasteiger partial charge in [0.2, 0.25) is 0 Å². The summed E-state index contributed by atoms with van der Waals surface area (Å²) in [6, 6.07) is 0. The standard InChI is InChI=1S/C14H25N3O2/c1-7-19-10(14(4,5)6)12-16-11(15)9(8(2)3)13(18)17-12/h8,10H,7H2,1-6H3,(H3,15,16,17,18). The van der Waals surface area contributed by atoms with Gasteiger partial charge in [-0.15, -0.1) is 0 Å². The van der Waals surface area contributed by atoms with Crippen LogP contribution in [-0.2, 0) is 4.74 Å². The van der Waals surface area contributed by atoms with Gasteiger partial charge >= 0.3 is 0 Å². The number of aromatic nitrogens is 2. The number of nitrogens with one attached hydrogen (secondary N) is 1. The third-order valence-corrected chi connectivity index (χ3v) is 2.95. The molecule has 19 heavy (non-hydrogen) atoms. The molecule has 0 aliphatic rings. The number of hydrogen-bond donors (Lipinski definition) is 2. The van der Waals surface area contributed by atoms with E-state index in [0.29, 0.717) is 23.8 Å². The van der Waals surface area contributed by atoms with E-state index in [-0.39, 0.29) is 23.0 Å². The van der Waals surface area contributed by atoms with Crippen LogP contribution in [0.25, 0.3) is 0 Å². The second-order valence-corrected chi connectivity index (χ2v) is 6.11. The van der Waals surface area contributed by atoms with Gasteiger partial charge in [-0.05, 0) is 18.3 Å². The molecule has 0 fully saturated rings. The zero-order valence-corrected chi connectivity index (χ0v) is 12.7. The van der Waals surface area contributed by atoms with Crippen LogP contribution in [0.3, 0.4) is 0 Å². The molecule has 0 amide bonds. The highest BCUT2D eigenvalue weighted by molar-refractivity contribution is 5.40. The summed E-state index contributed by atoms with van der Waals surface area (Å²) < 4.78 is 5.71. The largest absolute Gasteiger partial charge is 0.383 e. The Balaban J connectivity index is 3.32. The highest BCUT2D eigenvalue weighted by atomic mass is 16.5. The Bertz CT molecular complexity index is 486. The van der Waals surface area contributed by atoms with E-state index in [0.717, 1.165) is 0 Å². The van der Waals surface area contributed by atoms with Crippen molar-refractivity contribution in [2.75, 3.05) is 12.3 Å². The van der Waals surface area contributed by atoms with Crippen LogP contribution in [0.5, 0.6) is 0 Å². The van der Waals surface area contributed by atoms with E-state index in [4.69, 9.17) is 10.5 Å². The predicted molar refractivity (Wildman–Crippen MR) is 77.2 cm³/mol. The number of hydrogen-bond acceptors (Lipinski definition) is 4. The fourth-order valence-corrected chi connectivity index (χ4v) is 2.11. The molecule has 1 aromatic heterocycles. The van der Waals surface area contributed by atoms with Gasteiger partial charge < -0.3 is 15.5 Å². The van der Waals surface area contributed by atoms with Crippen LogP contribution >= 0.6 is 0 Å². The zero-order valence-electron chi connectivity index (χ0n) is 12.7. The van der Waals surface area contributed by atoms with Crippen molar-refractivity contribution >= 4 is 5.82 Å². The molecule has 5 nitrogen and oxygen atoms in total. The van der Waals surface area contributed by atoms with E-state index in [1.54, 1.807) is 0 Å². The molecule has 0 aliphatic carbocycles. The first kappa shape index (κ1) is 15.7. The molecule has 0 aliphatic heterocycles. The summed E-state index contributed by atoms with van der Waals surface area (Å²) in [5, 5.41) is 0. The highest BCUT2D eigenvalue weighted by Gasteiger charge is 2.30. The number of nitrogens with zero attached hydrogens (tertiary/aromatic N) is 1. The van der Waals surface area contributed by atoms with Crippen molar-refractivity contribution < 1.29 is 4.74 Å². The van der Waals surface area contributed by atoms with Crippen LogP contribution in [0.15, 0.2) is 4.79 Å². The lowest BCUT2D eigenvalue weighted by atomic mass is 9.88. The van der Waals surface area contributed by atoms with E-state index < -0.39 is 0 Å². The Morgan fingerprint density at radius 1 is 1.37 bits per heavy atom. The number of rotatable bonds is 4. The van der Waals surface area contributed by atoms with E-state index >= 15 is 0 Å². The normalized spacial score (nSPS) is 13.8. The summed E-state index contributed by atoms with van der Waals surface area (Å²) in [5.74, 6) is 0.842. The Labute approximate surface area is 114 Å². The van der Waals surface area contributed by atoms with Gasteiger partial charge in [-0.2, -0.15) is 0 Å². The molecule has 0 saturated heterocycles. The Morgan fingerprint density at radius 3 is 2.32 bits per heavy atom. The second kappa shape index (κ2) is 5.74. The number of anilines is 1. The van der Waals surface area contributed by atoms with Crippen molar-refractivity contribution in [3.63, 3.8) is 0 Å². The van der Waals surface area contributed by atoms with E-state index in [1.807, 2.05) is 41.5 Å². The maximum Gasteiger partial charge on any atom is 0.256 e. The molecule has 0 spiro atoms. The molecule has 0 saturated carbocycles. The van der Waals surface area contributed by atoms with Crippen LogP contribution in [0, 0.1) is 5.41 Å². The summed E-state index contributed by atoms with van der Waals surface area (Å²) in [6.45, 7) is 12.4. The number of nitrogen functional groups attached to an aromatic ring is 1. The Kier molecular flexibility index (Phi) is 4.74. The molecule has 0 aromatic carbocycles. The van der Waals surface area contributed by atoms with E-state index in [9.17, 15) is 4.79 Å². The van der Waals surface area contributed by atoms with Crippen molar-refractivity contribution in [2.45, 2.75) is 53.6 Å². The lowest BCUT2D eigenvalue weighted by Gasteiger charge is -2.29. The zero-order chi connectivity index (χ0) is 14.8. The lowest BCUT2D eigenvalue weighted by molar-refractivity contribution is -0.0192. The van der Waals surface area contributed by atoms with E-state index in [2.05, 4.69) is 9.97 Å². The fraction of sp³-hybridized carbons (Fsp3) is 0.714. The number of ether oxygens (including phenoxy) is 1. The molecule has 1 heterocycles. The summed E-state index contributed by atoms with van der Waals surface area (Å²) in [7, 11) is 0. The van der Waals surface area contributed by atoms with Gasteiger partial charge in [0.15, 0.2) is 0 Å². The highest BCUT2D eigenvalue weighted by Crippen LogP contribution is 2.34. The number of aromatic amines is 1. The Hall–Kier alpha value is -1.36. The van der Waals surface area contributed by atoms with Crippen molar-refractivity contribution in [3.8, 4) is 0 Å². The van der Waals surface area contributed by atoms with Gasteiger partial charge in [-0.25, -0.2) is 4.98 Å². The average Bonchev–Trinajstić information content (AvgIpc) is 2.22. The maximum absolute atomic E-state index is 12.1. The monoisotopic (exact) mass is 267 g/mol. The van der Waals surface area contributed by atoms with Gasteiger partial charge in [0.05, 0.1) is 5.56 Å². The fourth-order valence-electron chi connectivity index (χ4n) is 2.11. The topological polar surface area (TPSA) is 81.0 Å². The molecular weight excluding hydrogens is 242 g/mol. The van der Waals surface area contributed by atoms with E-state index in [1.165, 1.54) is 0 Å². The van der Waals surface area contributed by atoms with Crippen molar-refractivity contribution in [3.05, 3.63) is 21.7 Å². The van der Waals surface area contributed by atoms with Crippen LogP contribution in [-0.4, -0.2) is 16.6 Å². The van der Waals surface area contributed by atoms with Crippen LogP contribution < -0.4 is 11.3 Å². The minimum Gasteiger partial charge on any atom is -0.383 e. The van der Waals surface area contributed by atoms with Crippen molar-refractivity contribution in [1.82, 2.24) is 9.97 Å². The quantitative estimate of drug-likeness (QED) is 0.878. The SMILES string of the molecule is CCOC(c1nc(N)c(C(C)C)c(=O)[nH]1)C(C)(C)C. The molecule has 0 bridgehead atoms. The van der Waals surface area contributed by atoms with Gasteiger partial charge in [0.1, 0.15) is 17.7 Å².